The minimum atomic E-state index is -0.563. The van der Waals surface area contributed by atoms with E-state index in [0.717, 1.165) is 6.42 Å². The van der Waals surface area contributed by atoms with Gasteiger partial charge in [0.1, 0.15) is 11.5 Å². The number of phenols is 1. The minimum Gasteiger partial charge on any atom is -0.507 e. The van der Waals surface area contributed by atoms with Gasteiger partial charge in [0.15, 0.2) is 0 Å². The quantitative estimate of drug-likeness (QED) is 0.714. The number of phenolic OH excluding ortho intramolecular Hbond substituents is 1. The first-order chi connectivity index (χ1) is 8.58. The maximum Gasteiger partial charge on any atom is 0.255 e. The van der Waals surface area contributed by atoms with Gasteiger partial charge in [-0.25, -0.2) is 0 Å². The predicted molar refractivity (Wildman–Crippen MR) is 67.9 cm³/mol. The van der Waals surface area contributed by atoms with Crippen molar-refractivity contribution in [2.45, 2.75) is 25.9 Å². The normalized spacial score (nSPS) is 11.9. The van der Waals surface area contributed by atoms with Crippen LogP contribution in [0.25, 0.3) is 0 Å². The fourth-order valence-corrected chi connectivity index (χ4v) is 1.57. The molecule has 1 rings (SSSR count). The van der Waals surface area contributed by atoms with Gasteiger partial charge in [0.25, 0.3) is 5.91 Å². The van der Waals surface area contributed by atoms with Crippen LogP contribution in [-0.2, 0) is 0 Å². The second-order valence-electron chi connectivity index (χ2n) is 4.04. The third kappa shape index (κ3) is 3.92. The van der Waals surface area contributed by atoms with E-state index in [9.17, 15) is 15.0 Å². The number of hydrogen-bond acceptors (Lipinski definition) is 4. The third-order valence-electron chi connectivity index (χ3n) is 2.57. The molecule has 0 bridgehead atoms. The molecule has 0 fully saturated rings. The lowest BCUT2D eigenvalue weighted by molar-refractivity contribution is 0.0907. The molecule has 0 aliphatic carbocycles. The number of carbonyl (C=O) groups excluding carboxylic acids is 1. The van der Waals surface area contributed by atoms with E-state index in [2.05, 4.69) is 5.32 Å². The zero-order chi connectivity index (χ0) is 13.5. The zero-order valence-corrected chi connectivity index (χ0v) is 10.6. The first-order valence-corrected chi connectivity index (χ1v) is 5.91. The van der Waals surface area contributed by atoms with Crippen LogP contribution in [0.3, 0.4) is 0 Å². The summed E-state index contributed by atoms with van der Waals surface area (Å²) in [5.74, 6) is -0.0492. The minimum absolute atomic E-state index is 0.113. The van der Waals surface area contributed by atoms with Crippen molar-refractivity contribution in [1.29, 1.82) is 0 Å². The van der Waals surface area contributed by atoms with E-state index in [4.69, 9.17) is 4.74 Å². The smallest absolute Gasteiger partial charge is 0.255 e. The molecule has 0 spiro atoms. The molecule has 1 unspecified atom stereocenters. The topological polar surface area (TPSA) is 78.8 Å². The van der Waals surface area contributed by atoms with E-state index in [1.54, 1.807) is 6.07 Å². The zero-order valence-electron chi connectivity index (χ0n) is 10.6. The van der Waals surface area contributed by atoms with Crippen LogP contribution in [0.4, 0.5) is 0 Å². The molecule has 1 aromatic carbocycles. The first-order valence-electron chi connectivity index (χ1n) is 5.91. The number of benzene rings is 1. The van der Waals surface area contributed by atoms with Gasteiger partial charge >= 0.3 is 0 Å². The molecule has 3 N–H and O–H groups in total. The number of aliphatic hydroxyl groups is 1. The summed E-state index contributed by atoms with van der Waals surface area (Å²) in [4.78, 5) is 11.8. The Bertz CT molecular complexity index is 406. The van der Waals surface area contributed by atoms with Crippen LogP contribution in [0.15, 0.2) is 18.2 Å². The molecule has 0 radical (unpaired) electrons. The molecular weight excluding hydrogens is 234 g/mol. The standard InChI is InChI=1S/C13H19NO4/c1-3-4-9(15)8-14-13(17)11-7-10(18-2)5-6-12(11)16/h5-7,9,15-16H,3-4,8H2,1-2H3,(H,14,17). The van der Waals surface area contributed by atoms with E-state index in [-0.39, 0.29) is 17.9 Å². The van der Waals surface area contributed by atoms with Gasteiger partial charge in [-0.15, -0.1) is 0 Å². The molecule has 0 aromatic heterocycles. The Kier molecular flexibility index (Phi) is 5.45. The largest absolute Gasteiger partial charge is 0.507 e. The maximum absolute atomic E-state index is 11.8. The molecular formula is C13H19NO4. The average Bonchev–Trinajstić information content (AvgIpc) is 2.37. The maximum atomic E-state index is 11.8. The highest BCUT2D eigenvalue weighted by molar-refractivity contribution is 5.97. The fraction of sp³-hybridized carbons (Fsp3) is 0.462. The number of ether oxygens (including phenoxy) is 1. The van der Waals surface area contributed by atoms with Gasteiger partial charge in [-0.3, -0.25) is 4.79 Å². The molecule has 100 valence electrons. The van der Waals surface area contributed by atoms with Gasteiger partial charge in [-0.2, -0.15) is 0 Å². The van der Waals surface area contributed by atoms with Crippen molar-refractivity contribution < 1.29 is 19.7 Å². The summed E-state index contributed by atoms with van der Waals surface area (Å²) in [6.07, 6.45) is 0.915. The fourth-order valence-electron chi connectivity index (χ4n) is 1.57. The predicted octanol–water partition coefficient (Wildman–Crippen LogP) is 1.29. The number of rotatable bonds is 6. The lowest BCUT2D eigenvalue weighted by atomic mass is 10.1. The van der Waals surface area contributed by atoms with Gasteiger partial charge in [-0.1, -0.05) is 13.3 Å². The summed E-state index contributed by atoms with van der Waals surface area (Å²) >= 11 is 0. The lowest BCUT2D eigenvalue weighted by Gasteiger charge is -2.12. The summed E-state index contributed by atoms with van der Waals surface area (Å²) in [6, 6.07) is 4.42. The number of aromatic hydroxyl groups is 1. The second-order valence-corrected chi connectivity index (χ2v) is 4.04. The van der Waals surface area contributed by atoms with Crippen LogP contribution in [-0.4, -0.2) is 35.9 Å². The summed E-state index contributed by atoms with van der Waals surface area (Å²) < 4.78 is 4.98. The van der Waals surface area contributed by atoms with E-state index >= 15 is 0 Å². The molecule has 1 aromatic rings. The Hall–Kier alpha value is -1.75. The van der Waals surface area contributed by atoms with Gasteiger partial charge in [0.2, 0.25) is 0 Å². The Balaban J connectivity index is 2.66. The molecule has 1 amide bonds. The number of hydrogen-bond donors (Lipinski definition) is 3. The molecule has 0 aliphatic rings. The highest BCUT2D eigenvalue weighted by Gasteiger charge is 2.13. The number of nitrogens with one attached hydrogen (secondary N) is 1. The molecule has 5 heteroatoms. The Morgan fingerprint density at radius 2 is 2.22 bits per heavy atom. The van der Waals surface area contributed by atoms with Gasteiger partial charge in [-0.05, 0) is 24.6 Å². The van der Waals surface area contributed by atoms with Crippen LogP contribution in [0.1, 0.15) is 30.1 Å². The number of aliphatic hydroxyl groups excluding tert-OH is 1. The van der Waals surface area contributed by atoms with Crippen molar-refractivity contribution in [3.8, 4) is 11.5 Å². The van der Waals surface area contributed by atoms with Crippen LogP contribution in [0.5, 0.6) is 11.5 Å². The van der Waals surface area contributed by atoms with E-state index in [1.807, 2.05) is 6.92 Å². The van der Waals surface area contributed by atoms with E-state index in [0.29, 0.717) is 12.2 Å². The molecule has 1 atom stereocenters. The third-order valence-corrected chi connectivity index (χ3v) is 2.57. The molecule has 5 nitrogen and oxygen atoms in total. The number of methoxy groups -OCH3 is 1. The number of carbonyl (C=O) groups is 1. The lowest BCUT2D eigenvalue weighted by Crippen LogP contribution is -2.32. The highest BCUT2D eigenvalue weighted by atomic mass is 16.5. The van der Waals surface area contributed by atoms with E-state index < -0.39 is 12.0 Å². The van der Waals surface area contributed by atoms with Crippen molar-refractivity contribution in [2.75, 3.05) is 13.7 Å². The van der Waals surface area contributed by atoms with Crippen molar-refractivity contribution in [3.63, 3.8) is 0 Å². The van der Waals surface area contributed by atoms with Crippen LogP contribution in [0.2, 0.25) is 0 Å². The van der Waals surface area contributed by atoms with E-state index in [1.165, 1.54) is 19.2 Å². The van der Waals surface area contributed by atoms with Crippen LogP contribution < -0.4 is 10.1 Å². The van der Waals surface area contributed by atoms with Crippen LogP contribution >= 0.6 is 0 Å². The number of amides is 1. The average molecular weight is 253 g/mol. The summed E-state index contributed by atoms with van der Waals surface area (Å²) in [6.45, 7) is 2.13. The molecule has 0 saturated heterocycles. The van der Waals surface area contributed by atoms with Crippen molar-refractivity contribution in [2.24, 2.45) is 0 Å². The Morgan fingerprint density at radius 1 is 1.50 bits per heavy atom. The highest BCUT2D eigenvalue weighted by Crippen LogP contribution is 2.22. The van der Waals surface area contributed by atoms with Gasteiger partial charge in [0, 0.05) is 6.54 Å². The summed E-state index contributed by atoms with van der Waals surface area (Å²) in [7, 11) is 1.49. The molecule has 0 saturated carbocycles. The SMILES string of the molecule is CCCC(O)CNC(=O)c1cc(OC)ccc1O. The first kappa shape index (κ1) is 14.3. The summed E-state index contributed by atoms with van der Waals surface area (Å²) in [5.41, 5.74) is 0.137. The van der Waals surface area contributed by atoms with Crippen LogP contribution in [0, 0.1) is 0 Å². The van der Waals surface area contributed by atoms with Gasteiger partial charge < -0.3 is 20.3 Å². The monoisotopic (exact) mass is 253 g/mol. The molecule has 18 heavy (non-hydrogen) atoms. The molecule has 0 aliphatic heterocycles. The summed E-state index contributed by atoms with van der Waals surface area (Å²) in [5, 5.41) is 21.7. The van der Waals surface area contributed by atoms with Crippen molar-refractivity contribution >= 4 is 5.91 Å². The van der Waals surface area contributed by atoms with Crippen molar-refractivity contribution in [1.82, 2.24) is 5.32 Å². The van der Waals surface area contributed by atoms with Crippen molar-refractivity contribution in [3.05, 3.63) is 23.8 Å². The van der Waals surface area contributed by atoms with Gasteiger partial charge in [0.05, 0.1) is 18.8 Å². The second kappa shape index (κ2) is 6.86. The Morgan fingerprint density at radius 3 is 2.83 bits per heavy atom. The molecule has 0 heterocycles. The Labute approximate surface area is 106 Å².